The van der Waals surface area contributed by atoms with Gasteiger partial charge in [0.1, 0.15) is 0 Å². The number of hydrogen-bond acceptors (Lipinski definition) is 2. The van der Waals surface area contributed by atoms with Crippen molar-refractivity contribution in [3.05, 3.63) is 12.0 Å². The minimum Gasteiger partial charge on any atom is -0.481 e. The summed E-state index contributed by atoms with van der Waals surface area (Å²) in [6, 6.07) is 0.208. The highest BCUT2D eigenvalue weighted by Crippen LogP contribution is 2.02. The van der Waals surface area contributed by atoms with E-state index in [0.717, 1.165) is 0 Å². The van der Waals surface area contributed by atoms with Gasteiger partial charge in [0.25, 0.3) is 5.95 Å². The molecule has 0 fully saturated rings. The van der Waals surface area contributed by atoms with Gasteiger partial charge in [-0.15, -0.1) is 0 Å². The van der Waals surface area contributed by atoms with Crippen molar-refractivity contribution in [1.82, 2.24) is 0 Å². The molecule has 0 saturated carbocycles. The van der Waals surface area contributed by atoms with Crippen LogP contribution in [0.1, 0.15) is 7.79 Å². The van der Waals surface area contributed by atoms with Crippen molar-refractivity contribution in [2.75, 3.05) is 6.61 Å². The first kappa shape index (κ1) is 2.50. The van der Waals surface area contributed by atoms with Crippen LogP contribution in [0.4, 0.5) is 0 Å². The lowest BCUT2D eigenvalue weighted by molar-refractivity contribution is 0.119. The minimum absolute atomic E-state index is 0.208. The number of aliphatic hydroxyl groups is 1. The molecule has 1 rings (SSSR count). The first-order chi connectivity index (χ1) is 3.30. The summed E-state index contributed by atoms with van der Waals surface area (Å²) < 4.78 is 11.4. The van der Waals surface area contributed by atoms with Gasteiger partial charge in [0.05, 0.1) is 7.98 Å². The first-order valence-corrected chi connectivity index (χ1v) is 1.82. The zero-order valence-electron chi connectivity index (χ0n) is 4.27. The summed E-state index contributed by atoms with van der Waals surface area (Å²) in [6.45, 7) is 0.463. The maximum atomic E-state index is 8.47. The Balaban J connectivity index is 2.64. The van der Waals surface area contributed by atoms with E-state index in [2.05, 4.69) is 4.74 Å². The predicted molar refractivity (Wildman–Crippen MR) is 21.3 cm³/mol. The molecule has 0 amide bonds. The summed E-state index contributed by atoms with van der Waals surface area (Å²) in [7, 11) is 0. The molecule has 1 aliphatic heterocycles. The standard InChI is InChI=1S/C4H6O2/c5-4-2-1-3-6-4/h2,5H,1,3H2/i2D. The Morgan fingerprint density at radius 1 is 2.17 bits per heavy atom. The molecule has 1 aliphatic rings. The van der Waals surface area contributed by atoms with Gasteiger partial charge in [-0.2, -0.15) is 0 Å². The molecule has 0 unspecified atom stereocenters. The van der Waals surface area contributed by atoms with Crippen LogP contribution in [0.15, 0.2) is 12.0 Å². The zero-order valence-corrected chi connectivity index (χ0v) is 3.27. The van der Waals surface area contributed by atoms with Crippen LogP contribution in [-0.2, 0) is 4.74 Å². The maximum absolute atomic E-state index is 8.47. The maximum Gasteiger partial charge on any atom is 0.272 e. The second-order valence-electron chi connectivity index (χ2n) is 1.08. The highest BCUT2D eigenvalue weighted by molar-refractivity contribution is 4.86. The van der Waals surface area contributed by atoms with Gasteiger partial charge < -0.3 is 9.84 Å². The molecule has 0 spiro atoms. The van der Waals surface area contributed by atoms with Crippen molar-refractivity contribution >= 4 is 0 Å². The highest BCUT2D eigenvalue weighted by atomic mass is 16.6. The van der Waals surface area contributed by atoms with Gasteiger partial charge in [0.15, 0.2) is 0 Å². The Morgan fingerprint density at radius 3 is 3.17 bits per heavy atom. The van der Waals surface area contributed by atoms with E-state index in [4.69, 9.17) is 6.48 Å². The van der Waals surface area contributed by atoms with Crippen LogP contribution >= 0.6 is 0 Å². The topological polar surface area (TPSA) is 29.5 Å². The number of hydrogen-bond donors (Lipinski definition) is 1. The summed E-state index contributed by atoms with van der Waals surface area (Å²) in [5.41, 5.74) is 0. The third-order valence-electron chi connectivity index (χ3n) is 0.617. The minimum atomic E-state index is -0.208. The molecule has 0 aliphatic carbocycles. The van der Waals surface area contributed by atoms with Gasteiger partial charge in [-0.3, -0.25) is 0 Å². The summed E-state index contributed by atoms with van der Waals surface area (Å²) in [4.78, 5) is 0. The van der Waals surface area contributed by atoms with Gasteiger partial charge >= 0.3 is 0 Å². The van der Waals surface area contributed by atoms with Crippen molar-refractivity contribution in [1.29, 1.82) is 0 Å². The van der Waals surface area contributed by atoms with Crippen LogP contribution in [0.3, 0.4) is 0 Å². The second-order valence-corrected chi connectivity index (χ2v) is 1.08. The molecule has 0 saturated heterocycles. The van der Waals surface area contributed by atoms with E-state index in [1.807, 2.05) is 0 Å². The molecule has 0 bridgehead atoms. The monoisotopic (exact) mass is 87.0 g/mol. The molecule has 2 heteroatoms. The third kappa shape index (κ3) is 0.455. The van der Waals surface area contributed by atoms with E-state index >= 15 is 0 Å². The molecule has 0 atom stereocenters. The van der Waals surface area contributed by atoms with Gasteiger partial charge in [-0.05, 0) is 6.05 Å². The fourth-order valence-corrected chi connectivity index (χ4v) is 0.357. The number of aliphatic hydroxyl groups excluding tert-OH is 1. The van der Waals surface area contributed by atoms with Crippen LogP contribution in [-0.4, -0.2) is 11.7 Å². The Morgan fingerprint density at radius 2 is 3.00 bits per heavy atom. The van der Waals surface area contributed by atoms with Crippen LogP contribution in [0.25, 0.3) is 0 Å². The molecule has 34 valence electrons. The summed E-state index contributed by atoms with van der Waals surface area (Å²) >= 11 is 0. The first-order valence-electron chi connectivity index (χ1n) is 2.32. The molecular formula is C4H6O2. The van der Waals surface area contributed by atoms with Crippen molar-refractivity contribution in [2.24, 2.45) is 0 Å². The van der Waals surface area contributed by atoms with Crippen molar-refractivity contribution < 1.29 is 11.2 Å². The number of rotatable bonds is 0. The molecule has 0 aromatic carbocycles. The van der Waals surface area contributed by atoms with Crippen LogP contribution in [0, 0.1) is 0 Å². The second kappa shape index (κ2) is 1.20. The molecule has 1 heterocycles. The Labute approximate surface area is 37.5 Å². The van der Waals surface area contributed by atoms with E-state index in [1.54, 1.807) is 0 Å². The van der Waals surface area contributed by atoms with Gasteiger partial charge in [-0.25, -0.2) is 0 Å². The van der Waals surface area contributed by atoms with E-state index in [-0.39, 0.29) is 12.0 Å². The fraction of sp³-hybridized carbons (Fsp3) is 0.500. The van der Waals surface area contributed by atoms with E-state index < -0.39 is 0 Å². The van der Waals surface area contributed by atoms with Crippen molar-refractivity contribution in [2.45, 2.75) is 6.42 Å². The molecule has 6 heavy (non-hydrogen) atoms. The predicted octanol–water partition coefficient (Wildman–Crippen LogP) is 0.806. The van der Waals surface area contributed by atoms with E-state index in [1.165, 1.54) is 0 Å². The molecule has 0 aromatic rings. The largest absolute Gasteiger partial charge is 0.481 e. The lowest BCUT2D eigenvalue weighted by Gasteiger charge is -1.88. The average molecular weight is 87.1 g/mol. The van der Waals surface area contributed by atoms with E-state index in [0.29, 0.717) is 13.0 Å². The Kier molecular flexibility index (Phi) is 0.502. The summed E-state index contributed by atoms with van der Waals surface area (Å²) in [6.07, 6.45) is 0.547. The molecule has 0 radical (unpaired) electrons. The highest BCUT2D eigenvalue weighted by Gasteiger charge is 1.98. The third-order valence-corrected chi connectivity index (χ3v) is 0.617. The van der Waals surface area contributed by atoms with Crippen molar-refractivity contribution in [3.63, 3.8) is 0 Å². The molecule has 0 aromatic heterocycles. The SMILES string of the molecule is [2H]C1=C(O)OCC1. The molecular weight excluding hydrogens is 80.0 g/mol. The Bertz CT molecular complexity index is 96.3. The van der Waals surface area contributed by atoms with Crippen LogP contribution in [0.5, 0.6) is 0 Å². The fourth-order valence-electron chi connectivity index (χ4n) is 0.357. The van der Waals surface area contributed by atoms with Gasteiger partial charge in [0.2, 0.25) is 0 Å². The van der Waals surface area contributed by atoms with Crippen LogP contribution < -0.4 is 0 Å². The zero-order chi connectivity index (χ0) is 5.28. The summed E-state index contributed by atoms with van der Waals surface area (Å²) in [5.74, 6) is -0.208. The average Bonchev–Trinajstić information content (AvgIpc) is 1.91. The lowest BCUT2D eigenvalue weighted by Crippen LogP contribution is -1.79. The molecule has 1 N–H and O–H groups in total. The van der Waals surface area contributed by atoms with Gasteiger partial charge in [-0.1, -0.05) is 0 Å². The van der Waals surface area contributed by atoms with Crippen LogP contribution in [0.2, 0.25) is 0 Å². The smallest absolute Gasteiger partial charge is 0.272 e. The lowest BCUT2D eigenvalue weighted by atomic mass is 10.5. The Hall–Kier alpha value is -0.660. The normalized spacial score (nSPS) is 23.7. The molecule has 2 nitrogen and oxygen atoms in total. The van der Waals surface area contributed by atoms with Crippen molar-refractivity contribution in [3.8, 4) is 0 Å². The van der Waals surface area contributed by atoms with Gasteiger partial charge in [0, 0.05) is 6.42 Å². The van der Waals surface area contributed by atoms with E-state index in [9.17, 15) is 0 Å². The quantitative estimate of drug-likeness (QED) is 0.473. The summed E-state index contributed by atoms with van der Waals surface area (Å²) in [5, 5.41) is 8.47. The number of ether oxygens (including phenoxy) is 1.